The lowest BCUT2D eigenvalue weighted by molar-refractivity contribution is -0.307. The Balaban J connectivity index is 0.000000926. The average Bonchev–Trinajstić information content (AvgIpc) is 2.80. The van der Waals surface area contributed by atoms with Gasteiger partial charge in [-0.25, -0.2) is 0 Å². The predicted octanol–water partition coefficient (Wildman–Crippen LogP) is -3.98. The van der Waals surface area contributed by atoms with Gasteiger partial charge in [0.05, 0.1) is 24.8 Å². The van der Waals surface area contributed by atoms with Gasteiger partial charge in [0.1, 0.15) is 30.0 Å². The van der Waals surface area contributed by atoms with Crippen LogP contribution in [-0.2, 0) is 29.3 Å². The third kappa shape index (κ3) is 8.95. The summed E-state index contributed by atoms with van der Waals surface area (Å²) >= 11 is 0. The Morgan fingerprint density at radius 3 is 2.00 bits per heavy atom. The van der Waals surface area contributed by atoms with Gasteiger partial charge in [-0.3, -0.25) is 9.11 Å². The summed E-state index contributed by atoms with van der Waals surface area (Å²) in [7, 11) is -1.17. The van der Waals surface area contributed by atoms with Crippen molar-refractivity contribution in [3.63, 3.8) is 0 Å². The van der Waals surface area contributed by atoms with Gasteiger partial charge in [0.15, 0.2) is 12.6 Å². The maximum absolute atomic E-state index is 11.1. The van der Waals surface area contributed by atoms with Gasteiger partial charge in [-0.2, -0.15) is 8.42 Å². The van der Waals surface area contributed by atoms with E-state index in [1.807, 2.05) is 14.0 Å². The lowest BCUT2D eigenvalue weighted by atomic mass is 9.84. The molecule has 0 radical (unpaired) electrons. The molecule has 3 fully saturated rings. The Bertz CT molecular complexity index is 832. The van der Waals surface area contributed by atoms with Gasteiger partial charge < -0.3 is 62.1 Å². The molecule has 7 unspecified atom stereocenters. The fraction of sp³-hybridized carbons (Fsp3) is 1.00. The molecule has 13 atom stereocenters. The molecule has 3 rings (SSSR count). The van der Waals surface area contributed by atoms with Crippen LogP contribution < -0.4 is 27.8 Å². The highest BCUT2D eigenvalue weighted by atomic mass is 32.3. The molecule has 226 valence electrons. The molecule has 2 saturated heterocycles. The molecule has 38 heavy (non-hydrogen) atoms. The monoisotopic (exact) mass is 575 g/mol. The molecule has 17 heteroatoms. The largest absolute Gasteiger partial charge is 0.394 e. The Morgan fingerprint density at radius 1 is 0.974 bits per heavy atom. The van der Waals surface area contributed by atoms with Crippen LogP contribution in [0.25, 0.3) is 0 Å². The second-order valence-corrected chi connectivity index (χ2v) is 11.3. The van der Waals surface area contributed by atoms with Crippen molar-refractivity contribution in [2.75, 3.05) is 20.7 Å². The van der Waals surface area contributed by atoms with Crippen LogP contribution in [0.4, 0.5) is 0 Å². The molecular weight excluding hydrogens is 530 g/mol. The lowest BCUT2D eigenvalue weighted by Gasteiger charge is -2.48. The second kappa shape index (κ2) is 13.8. The highest BCUT2D eigenvalue weighted by Gasteiger charge is 2.50. The van der Waals surface area contributed by atoms with Gasteiger partial charge in [-0.15, -0.1) is 0 Å². The number of hydrogen-bond donors (Lipinski definition) is 10. The third-order valence-electron chi connectivity index (χ3n) is 7.24. The van der Waals surface area contributed by atoms with Gasteiger partial charge in [0, 0.05) is 18.1 Å². The minimum atomic E-state index is -4.67. The van der Waals surface area contributed by atoms with Crippen LogP contribution in [0, 0.1) is 0 Å². The standard InChI is InChI=1S/C21H43N5O7.H2O4S/c1-9(25-3)13-6-5-10(22)19(31-13)32-16-11(23)7-12(24)17(14(16)27)33-20-15(28)18(26-4)21(2,29)8-30-20;1-5(2,3)4/h9-20,25-29H,5-8,22-24H2,1-4H3;(H2,1,2,3,4)/t9?,10-,11?,12-,13?,14?,15+,16?,17+,18?,19+,20?,21-;/m0./s1. The molecule has 3 aliphatic rings. The van der Waals surface area contributed by atoms with Crippen molar-refractivity contribution in [3.05, 3.63) is 0 Å². The number of hydrogen-bond acceptors (Lipinski definition) is 14. The Hall–Kier alpha value is -0.610. The Labute approximate surface area is 223 Å². The summed E-state index contributed by atoms with van der Waals surface area (Å²) in [5.41, 5.74) is 17.5. The van der Waals surface area contributed by atoms with E-state index in [4.69, 9.17) is 53.7 Å². The molecule has 0 aromatic rings. The fourth-order valence-corrected chi connectivity index (χ4v) is 5.04. The van der Waals surface area contributed by atoms with E-state index in [9.17, 15) is 15.3 Å². The lowest BCUT2D eigenvalue weighted by Crippen LogP contribution is -2.68. The number of likely N-dealkylation sites (N-methyl/N-ethyl adjacent to an activating group) is 2. The summed E-state index contributed by atoms with van der Waals surface area (Å²) in [6, 6.07) is -2.11. The maximum Gasteiger partial charge on any atom is 0.394 e. The molecule has 2 heterocycles. The third-order valence-corrected chi connectivity index (χ3v) is 7.24. The molecular formula is C21H45N5O11S. The summed E-state index contributed by atoms with van der Waals surface area (Å²) in [5, 5.41) is 38.3. The summed E-state index contributed by atoms with van der Waals surface area (Å²) in [6.07, 6.45) is -4.22. The molecule has 16 nitrogen and oxygen atoms in total. The number of rotatable bonds is 7. The Morgan fingerprint density at radius 2 is 1.50 bits per heavy atom. The van der Waals surface area contributed by atoms with E-state index >= 15 is 0 Å². The normalized spacial score (nSPS) is 45.1. The Kier molecular flexibility index (Phi) is 12.2. The van der Waals surface area contributed by atoms with E-state index in [1.54, 1.807) is 14.0 Å². The number of aliphatic hydroxyl groups excluding tert-OH is 2. The smallest absolute Gasteiger partial charge is 0.388 e. The van der Waals surface area contributed by atoms with E-state index in [2.05, 4.69) is 10.6 Å². The number of ether oxygens (including phenoxy) is 4. The van der Waals surface area contributed by atoms with Crippen LogP contribution in [0.3, 0.4) is 0 Å². The summed E-state index contributed by atoms with van der Waals surface area (Å²) in [4.78, 5) is 0. The van der Waals surface area contributed by atoms with Crippen molar-refractivity contribution in [2.45, 2.75) is 112 Å². The van der Waals surface area contributed by atoms with Gasteiger partial charge in [0.2, 0.25) is 0 Å². The topological polar surface area (TPSA) is 274 Å². The van der Waals surface area contributed by atoms with Crippen molar-refractivity contribution >= 4 is 10.4 Å². The first-order valence-corrected chi connectivity index (χ1v) is 13.9. The zero-order chi connectivity index (χ0) is 29.0. The summed E-state index contributed by atoms with van der Waals surface area (Å²) in [5.74, 6) is 0. The van der Waals surface area contributed by atoms with Crippen molar-refractivity contribution in [2.24, 2.45) is 17.2 Å². The van der Waals surface area contributed by atoms with Crippen LogP contribution in [0.1, 0.15) is 33.1 Å². The zero-order valence-electron chi connectivity index (χ0n) is 22.1. The van der Waals surface area contributed by atoms with Crippen molar-refractivity contribution in [1.82, 2.24) is 10.6 Å². The van der Waals surface area contributed by atoms with E-state index < -0.39 is 71.1 Å². The first-order chi connectivity index (χ1) is 17.5. The number of nitrogens with two attached hydrogens (primary N) is 3. The molecule has 0 amide bonds. The van der Waals surface area contributed by atoms with Gasteiger partial charge in [-0.05, 0) is 47.2 Å². The van der Waals surface area contributed by atoms with E-state index in [0.717, 1.165) is 6.42 Å². The highest BCUT2D eigenvalue weighted by molar-refractivity contribution is 7.79. The first kappa shape index (κ1) is 33.6. The molecule has 0 aromatic carbocycles. The maximum atomic E-state index is 11.1. The summed E-state index contributed by atoms with van der Waals surface area (Å²) < 4.78 is 55.3. The molecule has 0 aromatic heterocycles. The molecule has 1 saturated carbocycles. The van der Waals surface area contributed by atoms with E-state index in [1.165, 1.54) is 0 Å². The predicted molar refractivity (Wildman–Crippen MR) is 134 cm³/mol. The van der Waals surface area contributed by atoms with Crippen LogP contribution in [0.5, 0.6) is 0 Å². The van der Waals surface area contributed by atoms with Gasteiger partial charge >= 0.3 is 10.4 Å². The highest BCUT2D eigenvalue weighted by Crippen LogP contribution is 2.31. The fourth-order valence-electron chi connectivity index (χ4n) is 5.04. The van der Waals surface area contributed by atoms with Crippen molar-refractivity contribution < 1.29 is 51.8 Å². The molecule has 2 aliphatic heterocycles. The molecule has 0 bridgehead atoms. The van der Waals surface area contributed by atoms with E-state index in [-0.39, 0.29) is 24.8 Å². The van der Waals surface area contributed by atoms with Gasteiger partial charge in [-0.1, -0.05) is 0 Å². The van der Waals surface area contributed by atoms with Crippen LogP contribution in [0.15, 0.2) is 0 Å². The minimum Gasteiger partial charge on any atom is -0.388 e. The van der Waals surface area contributed by atoms with Crippen LogP contribution in [-0.4, -0.2) is 132 Å². The molecule has 1 aliphatic carbocycles. The van der Waals surface area contributed by atoms with Crippen molar-refractivity contribution in [3.8, 4) is 0 Å². The SMILES string of the molecule is CNC(C)C1CC[C@H](N)[C@@H](OC2C(N)C[C@H](N)[C@@H](OC3OC[C@](C)(O)C(NC)[C@H]3O)C2O)O1.O=S(=O)(O)O. The number of nitrogens with one attached hydrogen (secondary N) is 2. The van der Waals surface area contributed by atoms with Crippen molar-refractivity contribution in [1.29, 1.82) is 0 Å². The first-order valence-electron chi connectivity index (χ1n) is 12.5. The second-order valence-electron chi connectivity index (χ2n) is 10.4. The average molecular weight is 576 g/mol. The van der Waals surface area contributed by atoms with E-state index in [0.29, 0.717) is 12.8 Å². The number of aliphatic hydroxyl groups is 3. The van der Waals surface area contributed by atoms with Gasteiger partial charge in [0.25, 0.3) is 0 Å². The zero-order valence-corrected chi connectivity index (χ0v) is 22.9. The molecule has 13 N–H and O–H groups in total. The molecule has 0 spiro atoms. The van der Waals surface area contributed by atoms with Crippen LogP contribution >= 0.6 is 0 Å². The quantitative estimate of drug-likeness (QED) is 0.130. The van der Waals surface area contributed by atoms with Crippen LogP contribution in [0.2, 0.25) is 0 Å². The minimum absolute atomic E-state index is 0.0620. The summed E-state index contributed by atoms with van der Waals surface area (Å²) in [6.45, 7) is 3.52.